The fourth-order valence-electron chi connectivity index (χ4n) is 2.73. The maximum absolute atomic E-state index is 5.51. The van der Waals surface area contributed by atoms with Gasteiger partial charge in [0.1, 0.15) is 0 Å². The van der Waals surface area contributed by atoms with Crippen LogP contribution in [0, 0.1) is 5.41 Å². The number of unbranched alkanes of at least 4 members (excludes halogenated alkanes) is 3. The van der Waals surface area contributed by atoms with Gasteiger partial charge in [0.05, 0.1) is 0 Å². The van der Waals surface area contributed by atoms with Crippen molar-refractivity contribution < 1.29 is 4.74 Å². The molecule has 0 aromatic heterocycles. The molecule has 1 aliphatic rings. The number of halogens is 1. The van der Waals surface area contributed by atoms with Gasteiger partial charge in [-0.05, 0) is 57.8 Å². The molecule has 0 bridgehead atoms. The fourth-order valence-corrected chi connectivity index (χ4v) is 2.73. The first kappa shape index (κ1) is 23.7. The topological polar surface area (TPSA) is 36.9 Å². The largest absolute Gasteiger partial charge is 0.382 e. The van der Waals surface area contributed by atoms with Crippen LogP contribution in [0.15, 0.2) is 17.6 Å². The Labute approximate surface area is 166 Å². The van der Waals surface area contributed by atoms with Crippen LogP contribution in [0.4, 0.5) is 0 Å². The molecule has 1 saturated carbocycles. The molecular formula is C19H38IN3O. The van der Waals surface area contributed by atoms with Crippen molar-refractivity contribution in [2.45, 2.75) is 58.8 Å². The SMILES string of the molecule is C=CCCCCCN(C)C(=NCC1(CCOCC)CC1)NCC.I. The molecule has 0 aliphatic heterocycles. The summed E-state index contributed by atoms with van der Waals surface area (Å²) in [6.45, 7) is 12.6. The Morgan fingerprint density at radius 3 is 2.62 bits per heavy atom. The van der Waals surface area contributed by atoms with Crippen LogP contribution in [-0.2, 0) is 4.74 Å². The van der Waals surface area contributed by atoms with Gasteiger partial charge in [-0.1, -0.05) is 12.5 Å². The molecule has 0 saturated heterocycles. The van der Waals surface area contributed by atoms with Gasteiger partial charge in [0, 0.05) is 39.9 Å². The highest BCUT2D eigenvalue weighted by Crippen LogP contribution is 2.49. The van der Waals surface area contributed by atoms with Crippen LogP contribution in [0.3, 0.4) is 0 Å². The second-order valence-electron chi connectivity index (χ2n) is 6.68. The first-order chi connectivity index (χ1) is 11.2. The third kappa shape index (κ3) is 9.87. The number of nitrogens with one attached hydrogen (secondary N) is 1. The lowest BCUT2D eigenvalue weighted by Crippen LogP contribution is -2.39. The molecule has 5 heteroatoms. The Hall–Kier alpha value is -0.300. The zero-order valence-electron chi connectivity index (χ0n) is 16.0. The summed E-state index contributed by atoms with van der Waals surface area (Å²) < 4.78 is 5.51. The predicted octanol–water partition coefficient (Wildman–Crippen LogP) is 4.45. The second-order valence-corrected chi connectivity index (χ2v) is 6.68. The number of ether oxygens (including phenoxy) is 1. The molecule has 1 aliphatic carbocycles. The molecule has 0 aromatic rings. The van der Waals surface area contributed by atoms with Gasteiger partial charge in [-0.2, -0.15) is 0 Å². The van der Waals surface area contributed by atoms with Crippen LogP contribution in [0.25, 0.3) is 0 Å². The summed E-state index contributed by atoms with van der Waals surface area (Å²) in [5, 5.41) is 3.43. The van der Waals surface area contributed by atoms with Crippen LogP contribution >= 0.6 is 24.0 Å². The molecule has 4 nitrogen and oxygen atoms in total. The summed E-state index contributed by atoms with van der Waals surface area (Å²) in [6, 6.07) is 0. The lowest BCUT2D eigenvalue weighted by molar-refractivity contribution is 0.129. The summed E-state index contributed by atoms with van der Waals surface area (Å²) >= 11 is 0. The van der Waals surface area contributed by atoms with E-state index >= 15 is 0 Å². The van der Waals surface area contributed by atoms with Crippen molar-refractivity contribution in [3.63, 3.8) is 0 Å². The summed E-state index contributed by atoms with van der Waals surface area (Å²) in [6.07, 6.45) is 10.6. The number of guanidine groups is 1. The molecule has 1 N–H and O–H groups in total. The van der Waals surface area contributed by atoms with Crippen molar-refractivity contribution in [3.05, 3.63) is 12.7 Å². The van der Waals surface area contributed by atoms with Crippen LogP contribution in [0.2, 0.25) is 0 Å². The van der Waals surface area contributed by atoms with E-state index in [0.717, 1.165) is 51.6 Å². The number of rotatable bonds is 13. The summed E-state index contributed by atoms with van der Waals surface area (Å²) in [5.41, 5.74) is 0.417. The van der Waals surface area contributed by atoms with E-state index in [4.69, 9.17) is 9.73 Å². The number of aliphatic imine (C=N–C) groups is 1. The van der Waals surface area contributed by atoms with Crippen molar-refractivity contribution in [2.75, 3.05) is 39.9 Å². The van der Waals surface area contributed by atoms with E-state index in [0.29, 0.717) is 5.41 Å². The first-order valence-electron chi connectivity index (χ1n) is 9.35. The van der Waals surface area contributed by atoms with E-state index in [1.165, 1.54) is 32.1 Å². The summed E-state index contributed by atoms with van der Waals surface area (Å²) in [4.78, 5) is 7.17. The maximum atomic E-state index is 5.51. The Bertz CT molecular complexity index is 357. The fraction of sp³-hybridized carbons (Fsp3) is 0.842. The molecule has 1 rings (SSSR count). The molecule has 0 atom stereocenters. The molecule has 24 heavy (non-hydrogen) atoms. The Morgan fingerprint density at radius 1 is 1.29 bits per heavy atom. The standard InChI is InChI=1S/C19H37N3O.HI/c1-5-8-9-10-11-15-22(4)18(20-6-2)21-17-19(12-13-19)14-16-23-7-3;/h5H,1,6-17H2,2-4H3,(H,20,21);1H. The first-order valence-corrected chi connectivity index (χ1v) is 9.35. The molecule has 0 amide bonds. The Morgan fingerprint density at radius 2 is 2.04 bits per heavy atom. The van der Waals surface area contributed by atoms with Gasteiger partial charge in [-0.25, -0.2) is 0 Å². The smallest absolute Gasteiger partial charge is 0.193 e. The molecule has 0 spiro atoms. The van der Waals surface area contributed by atoms with E-state index in [1.807, 2.05) is 6.08 Å². The third-order valence-electron chi connectivity index (χ3n) is 4.60. The van der Waals surface area contributed by atoms with E-state index < -0.39 is 0 Å². The van der Waals surface area contributed by atoms with Gasteiger partial charge in [0.2, 0.25) is 0 Å². The zero-order chi connectivity index (χ0) is 17.0. The lowest BCUT2D eigenvalue weighted by atomic mass is 10.0. The minimum Gasteiger partial charge on any atom is -0.382 e. The molecular weight excluding hydrogens is 413 g/mol. The highest BCUT2D eigenvalue weighted by molar-refractivity contribution is 14.0. The Balaban J connectivity index is 0.00000529. The van der Waals surface area contributed by atoms with Crippen molar-refractivity contribution in [1.29, 1.82) is 0 Å². The van der Waals surface area contributed by atoms with Crippen LogP contribution < -0.4 is 5.32 Å². The number of hydrogen-bond donors (Lipinski definition) is 1. The molecule has 0 heterocycles. The minimum atomic E-state index is 0. The van der Waals surface area contributed by atoms with E-state index in [1.54, 1.807) is 0 Å². The molecule has 1 fully saturated rings. The van der Waals surface area contributed by atoms with E-state index in [2.05, 4.69) is 37.7 Å². The number of nitrogens with zero attached hydrogens (tertiary/aromatic N) is 2. The molecule has 0 unspecified atom stereocenters. The predicted molar refractivity (Wildman–Crippen MR) is 115 cm³/mol. The number of allylic oxidation sites excluding steroid dienone is 1. The molecule has 0 radical (unpaired) electrons. The molecule has 0 aromatic carbocycles. The van der Waals surface area contributed by atoms with Crippen molar-refractivity contribution in [3.8, 4) is 0 Å². The van der Waals surface area contributed by atoms with Gasteiger partial charge in [0.15, 0.2) is 5.96 Å². The van der Waals surface area contributed by atoms with Crippen molar-refractivity contribution in [2.24, 2.45) is 10.4 Å². The van der Waals surface area contributed by atoms with Crippen molar-refractivity contribution >= 4 is 29.9 Å². The van der Waals surface area contributed by atoms with Gasteiger partial charge >= 0.3 is 0 Å². The maximum Gasteiger partial charge on any atom is 0.193 e. The summed E-state index contributed by atoms with van der Waals surface area (Å²) in [7, 11) is 2.15. The highest BCUT2D eigenvalue weighted by Gasteiger charge is 2.41. The minimum absolute atomic E-state index is 0. The summed E-state index contributed by atoms with van der Waals surface area (Å²) in [5.74, 6) is 1.05. The van der Waals surface area contributed by atoms with Crippen molar-refractivity contribution in [1.82, 2.24) is 10.2 Å². The average Bonchev–Trinajstić information content (AvgIpc) is 3.31. The zero-order valence-corrected chi connectivity index (χ0v) is 18.3. The second kappa shape index (κ2) is 13.9. The van der Waals surface area contributed by atoms with E-state index in [-0.39, 0.29) is 24.0 Å². The Kier molecular flexibility index (Phi) is 13.8. The average molecular weight is 451 g/mol. The van der Waals surface area contributed by atoms with Gasteiger partial charge in [-0.3, -0.25) is 4.99 Å². The normalized spacial score (nSPS) is 15.5. The van der Waals surface area contributed by atoms with Gasteiger partial charge in [-0.15, -0.1) is 30.6 Å². The monoisotopic (exact) mass is 451 g/mol. The van der Waals surface area contributed by atoms with Gasteiger partial charge < -0.3 is 15.0 Å². The van der Waals surface area contributed by atoms with Crippen LogP contribution in [0.1, 0.15) is 58.8 Å². The number of hydrogen-bond acceptors (Lipinski definition) is 2. The third-order valence-corrected chi connectivity index (χ3v) is 4.60. The quantitative estimate of drug-likeness (QED) is 0.148. The van der Waals surface area contributed by atoms with Crippen LogP contribution in [-0.4, -0.2) is 50.8 Å². The molecule has 142 valence electrons. The van der Waals surface area contributed by atoms with E-state index in [9.17, 15) is 0 Å². The van der Waals surface area contributed by atoms with Gasteiger partial charge in [0.25, 0.3) is 0 Å². The lowest BCUT2D eigenvalue weighted by Gasteiger charge is -2.23. The highest BCUT2D eigenvalue weighted by atomic mass is 127. The van der Waals surface area contributed by atoms with Crippen LogP contribution in [0.5, 0.6) is 0 Å².